The molecule has 0 aromatic heterocycles. The Hall–Kier alpha value is -1.06. The maximum Gasteiger partial charge on any atom is 0.111 e. The molecule has 0 aliphatic heterocycles. The molecule has 0 spiro atoms. The van der Waals surface area contributed by atoms with Crippen LogP contribution in [0.1, 0.15) is 26.7 Å². The van der Waals surface area contributed by atoms with Crippen molar-refractivity contribution in [3.8, 4) is 0 Å². The van der Waals surface area contributed by atoms with Crippen LogP contribution in [0.15, 0.2) is 30.3 Å². The summed E-state index contributed by atoms with van der Waals surface area (Å²) in [4.78, 5) is 0. The molecule has 0 unspecified atom stereocenters. The molecule has 0 saturated heterocycles. The highest BCUT2D eigenvalue weighted by Gasteiger charge is 2.64. The minimum absolute atomic E-state index is 0.0597. The summed E-state index contributed by atoms with van der Waals surface area (Å²) in [6.45, 7) is 5.12. The van der Waals surface area contributed by atoms with Crippen LogP contribution in [-0.4, -0.2) is 30.5 Å². The SMILES string of the molecule is CO[C@@H]1C[C@@H]2C[C@@H](C2(C)C)[C@@]1(O)CNc1ccccc1. The first-order valence-corrected chi connectivity index (χ1v) is 7.52. The second-order valence-corrected chi connectivity index (χ2v) is 6.98. The van der Waals surface area contributed by atoms with Gasteiger partial charge in [-0.25, -0.2) is 0 Å². The Bertz CT molecular complexity index is 473. The zero-order chi connectivity index (χ0) is 14.4. The second kappa shape index (κ2) is 4.74. The van der Waals surface area contributed by atoms with Crippen molar-refractivity contribution >= 4 is 5.69 Å². The fourth-order valence-electron chi connectivity index (χ4n) is 4.29. The van der Waals surface area contributed by atoms with Gasteiger partial charge in [-0.05, 0) is 42.2 Å². The van der Waals surface area contributed by atoms with E-state index in [4.69, 9.17) is 4.74 Å². The molecule has 3 aliphatic rings. The number of hydrogen-bond donors (Lipinski definition) is 2. The van der Waals surface area contributed by atoms with Crippen LogP contribution in [0, 0.1) is 17.3 Å². The molecule has 1 aromatic carbocycles. The lowest BCUT2D eigenvalue weighted by atomic mass is 9.43. The maximum atomic E-state index is 11.2. The fourth-order valence-corrected chi connectivity index (χ4v) is 4.29. The van der Waals surface area contributed by atoms with Gasteiger partial charge in [0.05, 0.1) is 6.10 Å². The summed E-state index contributed by atoms with van der Waals surface area (Å²) < 4.78 is 5.60. The van der Waals surface area contributed by atoms with E-state index in [0.29, 0.717) is 18.4 Å². The molecule has 3 saturated carbocycles. The third kappa shape index (κ3) is 1.95. The van der Waals surface area contributed by atoms with Gasteiger partial charge in [0.1, 0.15) is 5.60 Å². The van der Waals surface area contributed by atoms with Gasteiger partial charge in [0, 0.05) is 19.3 Å². The van der Waals surface area contributed by atoms with Gasteiger partial charge in [0.25, 0.3) is 0 Å². The predicted octanol–water partition coefficient (Wildman–Crippen LogP) is 2.91. The molecular weight excluding hydrogens is 250 g/mol. The summed E-state index contributed by atoms with van der Waals surface area (Å²) in [5, 5.41) is 14.6. The summed E-state index contributed by atoms with van der Waals surface area (Å²) in [5.74, 6) is 1.00. The highest BCUT2D eigenvalue weighted by Crippen LogP contribution is 2.63. The molecule has 4 rings (SSSR count). The molecule has 4 atom stereocenters. The summed E-state index contributed by atoms with van der Waals surface area (Å²) in [7, 11) is 1.72. The molecule has 3 nitrogen and oxygen atoms in total. The van der Waals surface area contributed by atoms with E-state index in [0.717, 1.165) is 18.5 Å². The van der Waals surface area contributed by atoms with E-state index in [9.17, 15) is 5.11 Å². The zero-order valence-corrected chi connectivity index (χ0v) is 12.6. The van der Waals surface area contributed by atoms with Gasteiger partial charge in [0.2, 0.25) is 0 Å². The molecule has 2 bridgehead atoms. The number of hydrogen-bond acceptors (Lipinski definition) is 3. The van der Waals surface area contributed by atoms with E-state index >= 15 is 0 Å². The molecule has 3 aliphatic carbocycles. The molecule has 0 radical (unpaired) electrons. The molecule has 110 valence electrons. The van der Waals surface area contributed by atoms with Crippen molar-refractivity contribution in [2.24, 2.45) is 17.3 Å². The zero-order valence-electron chi connectivity index (χ0n) is 12.6. The van der Waals surface area contributed by atoms with Crippen molar-refractivity contribution in [3.05, 3.63) is 30.3 Å². The summed E-state index contributed by atoms with van der Waals surface area (Å²) >= 11 is 0. The predicted molar refractivity (Wildman–Crippen MR) is 80.7 cm³/mol. The van der Waals surface area contributed by atoms with Crippen LogP contribution in [-0.2, 0) is 4.74 Å². The normalized spacial score (nSPS) is 38.1. The molecular formula is C17H25NO2. The van der Waals surface area contributed by atoms with Crippen molar-refractivity contribution < 1.29 is 9.84 Å². The smallest absolute Gasteiger partial charge is 0.111 e. The lowest BCUT2D eigenvalue weighted by Crippen LogP contribution is -2.70. The number of para-hydroxylation sites is 1. The number of fused-ring (bicyclic) bond motifs is 2. The van der Waals surface area contributed by atoms with Gasteiger partial charge in [-0.1, -0.05) is 32.0 Å². The first-order chi connectivity index (χ1) is 9.48. The quantitative estimate of drug-likeness (QED) is 0.888. The lowest BCUT2D eigenvalue weighted by molar-refractivity contribution is -0.253. The van der Waals surface area contributed by atoms with E-state index in [1.807, 2.05) is 30.3 Å². The first kappa shape index (κ1) is 13.9. The Morgan fingerprint density at radius 1 is 1.25 bits per heavy atom. The van der Waals surface area contributed by atoms with Gasteiger partial charge in [-0.2, -0.15) is 0 Å². The van der Waals surface area contributed by atoms with E-state index in [1.165, 1.54) is 0 Å². The lowest BCUT2D eigenvalue weighted by Gasteiger charge is -2.65. The molecule has 0 heterocycles. The molecule has 20 heavy (non-hydrogen) atoms. The van der Waals surface area contributed by atoms with Crippen molar-refractivity contribution in [1.82, 2.24) is 0 Å². The Kier molecular flexibility index (Phi) is 3.30. The number of rotatable bonds is 4. The van der Waals surface area contributed by atoms with Gasteiger partial charge in [-0.15, -0.1) is 0 Å². The van der Waals surface area contributed by atoms with Crippen LogP contribution in [0.5, 0.6) is 0 Å². The average Bonchev–Trinajstić information content (AvgIpc) is 2.46. The fraction of sp³-hybridized carbons (Fsp3) is 0.647. The van der Waals surface area contributed by atoms with Crippen LogP contribution < -0.4 is 5.32 Å². The van der Waals surface area contributed by atoms with Crippen molar-refractivity contribution in [3.63, 3.8) is 0 Å². The van der Waals surface area contributed by atoms with Gasteiger partial charge < -0.3 is 15.2 Å². The third-order valence-electron chi connectivity index (χ3n) is 5.76. The largest absolute Gasteiger partial charge is 0.385 e. The van der Waals surface area contributed by atoms with E-state index in [2.05, 4.69) is 19.2 Å². The number of aliphatic hydroxyl groups is 1. The van der Waals surface area contributed by atoms with Crippen LogP contribution >= 0.6 is 0 Å². The Morgan fingerprint density at radius 3 is 2.55 bits per heavy atom. The van der Waals surface area contributed by atoms with Gasteiger partial charge >= 0.3 is 0 Å². The number of nitrogens with one attached hydrogen (secondary N) is 1. The van der Waals surface area contributed by atoms with Gasteiger partial charge in [-0.3, -0.25) is 0 Å². The minimum atomic E-state index is -0.775. The summed E-state index contributed by atoms with van der Waals surface area (Å²) in [5.41, 5.74) is 0.500. The Morgan fingerprint density at radius 2 is 1.95 bits per heavy atom. The van der Waals surface area contributed by atoms with Crippen LogP contribution in [0.4, 0.5) is 5.69 Å². The molecule has 0 amide bonds. The monoisotopic (exact) mass is 275 g/mol. The average molecular weight is 275 g/mol. The van der Waals surface area contributed by atoms with Crippen LogP contribution in [0.3, 0.4) is 0 Å². The van der Waals surface area contributed by atoms with E-state index in [1.54, 1.807) is 7.11 Å². The van der Waals surface area contributed by atoms with Crippen molar-refractivity contribution in [2.75, 3.05) is 19.0 Å². The number of ether oxygens (including phenoxy) is 1. The van der Waals surface area contributed by atoms with Crippen molar-refractivity contribution in [2.45, 2.75) is 38.4 Å². The minimum Gasteiger partial charge on any atom is -0.385 e. The number of methoxy groups -OCH3 is 1. The highest BCUT2D eigenvalue weighted by molar-refractivity contribution is 5.43. The number of benzene rings is 1. The summed E-state index contributed by atoms with van der Waals surface area (Å²) in [6.07, 6.45) is 2.03. The molecule has 3 heteroatoms. The Labute approximate surface area is 121 Å². The highest BCUT2D eigenvalue weighted by atomic mass is 16.5. The second-order valence-electron chi connectivity index (χ2n) is 6.98. The third-order valence-corrected chi connectivity index (χ3v) is 5.76. The van der Waals surface area contributed by atoms with E-state index in [-0.39, 0.29) is 11.5 Å². The van der Waals surface area contributed by atoms with Crippen molar-refractivity contribution in [1.29, 1.82) is 0 Å². The molecule has 3 fully saturated rings. The van der Waals surface area contributed by atoms with Crippen LogP contribution in [0.2, 0.25) is 0 Å². The molecule has 2 N–H and O–H groups in total. The molecule has 1 aromatic rings. The summed E-state index contributed by atoms with van der Waals surface area (Å²) in [6, 6.07) is 10.1. The Balaban J connectivity index is 1.77. The standard InChI is InChI=1S/C17H25NO2/c1-16(2)12-9-14(16)17(19,15(10-12)20-3)11-18-13-7-5-4-6-8-13/h4-8,12,14-15,18-19H,9-11H2,1-3H3/t12-,14-,15+,17-/m0/s1. The maximum absolute atomic E-state index is 11.2. The van der Waals surface area contributed by atoms with Gasteiger partial charge in [0.15, 0.2) is 0 Å². The van der Waals surface area contributed by atoms with Crippen LogP contribution in [0.25, 0.3) is 0 Å². The topological polar surface area (TPSA) is 41.5 Å². The van der Waals surface area contributed by atoms with E-state index < -0.39 is 5.60 Å². The number of anilines is 1. The first-order valence-electron chi connectivity index (χ1n) is 7.52.